The largest absolute Gasteiger partial charge is 0.481 e. The van der Waals surface area contributed by atoms with Crippen LogP contribution in [0.5, 0.6) is 0 Å². The van der Waals surface area contributed by atoms with Gasteiger partial charge in [-0.3, -0.25) is 9.59 Å². The molecule has 0 bridgehead atoms. The van der Waals surface area contributed by atoms with E-state index in [-0.39, 0.29) is 11.6 Å². The molecule has 0 aliphatic heterocycles. The molecule has 5 nitrogen and oxygen atoms in total. The monoisotopic (exact) mass is 307 g/mol. The lowest BCUT2D eigenvalue weighted by molar-refractivity contribution is -0.154. The first-order valence-electron chi connectivity index (χ1n) is 4.17. The van der Waals surface area contributed by atoms with Crippen molar-refractivity contribution in [2.75, 3.05) is 0 Å². The molecule has 1 rings (SSSR count). The number of carboxylic acids is 2. The Balaban J connectivity index is 2.97. The highest BCUT2D eigenvalue weighted by Gasteiger charge is 2.26. The summed E-state index contributed by atoms with van der Waals surface area (Å²) in [4.78, 5) is 25.2. The number of rotatable bonds is 4. The molecule has 0 aliphatic rings. The third-order valence-corrected chi connectivity index (χ3v) is 2.84. The standard InChI is InChI=1S/C9H7BrClNO4/c10-6-3-12-7(11)2-4(6)1-5(8(13)14)9(15)16/h2-3,5H,1H2,(H,13,14)(H,15,16). The molecule has 16 heavy (non-hydrogen) atoms. The molecule has 0 spiro atoms. The number of halogens is 2. The van der Waals surface area contributed by atoms with Gasteiger partial charge in [0.25, 0.3) is 0 Å². The predicted molar refractivity (Wildman–Crippen MR) is 59.4 cm³/mol. The van der Waals surface area contributed by atoms with Crippen LogP contribution in [0.3, 0.4) is 0 Å². The van der Waals surface area contributed by atoms with Crippen molar-refractivity contribution >= 4 is 39.5 Å². The van der Waals surface area contributed by atoms with E-state index in [1.165, 1.54) is 12.3 Å². The SMILES string of the molecule is O=C(O)C(Cc1cc(Cl)ncc1Br)C(=O)O. The quantitative estimate of drug-likeness (QED) is 0.654. The predicted octanol–water partition coefficient (Wildman–Crippen LogP) is 1.83. The first-order chi connectivity index (χ1) is 7.41. The first kappa shape index (κ1) is 12.9. The number of carboxylic acid groups (broad SMARTS) is 2. The maximum atomic E-state index is 10.7. The van der Waals surface area contributed by atoms with Crippen molar-refractivity contribution in [2.45, 2.75) is 6.42 Å². The van der Waals surface area contributed by atoms with E-state index in [9.17, 15) is 9.59 Å². The minimum Gasteiger partial charge on any atom is -0.481 e. The Morgan fingerprint density at radius 3 is 2.50 bits per heavy atom. The Bertz CT molecular complexity index is 424. The number of carbonyl (C=O) groups is 2. The van der Waals surface area contributed by atoms with Crippen LogP contribution in [0.1, 0.15) is 5.56 Å². The number of nitrogens with zero attached hydrogens (tertiary/aromatic N) is 1. The van der Waals surface area contributed by atoms with Crippen LogP contribution in [0.2, 0.25) is 5.15 Å². The molecule has 0 radical (unpaired) electrons. The van der Waals surface area contributed by atoms with Crippen LogP contribution >= 0.6 is 27.5 Å². The molecule has 0 saturated carbocycles. The van der Waals surface area contributed by atoms with Gasteiger partial charge in [-0.25, -0.2) is 4.98 Å². The third kappa shape index (κ3) is 3.18. The molecule has 0 unspecified atom stereocenters. The van der Waals surface area contributed by atoms with E-state index in [2.05, 4.69) is 20.9 Å². The molecule has 2 N–H and O–H groups in total. The lowest BCUT2D eigenvalue weighted by Crippen LogP contribution is -2.25. The number of aromatic nitrogens is 1. The maximum Gasteiger partial charge on any atom is 0.318 e. The Labute approximate surface area is 104 Å². The van der Waals surface area contributed by atoms with E-state index >= 15 is 0 Å². The second-order valence-electron chi connectivity index (χ2n) is 3.03. The van der Waals surface area contributed by atoms with Crippen LogP contribution in [-0.4, -0.2) is 27.1 Å². The molecule has 0 saturated heterocycles. The molecule has 1 heterocycles. The number of aliphatic carboxylic acids is 2. The highest BCUT2D eigenvalue weighted by atomic mass is 79.9. The van der Waals surface area contributed by atoms with Crippen LogP contribution in [0.4, 0.5) is 0 Å². The van der Waals surface area contributed by atoms with Crippen molar-refractivity contribution in [2.24, 2.45) is 5.92 Å². The fourth-order valence-electron chi connectivity index (χ4n) is 1.11. The van der Waals surface area contributed by atoms with Gasteiger partial charge < -0.3 is 10.2 Å². The zero-order chi connectivity index (χ0) is 12.3. The van der Waals surface area contributed by atoms with Gasteiger partial charge in [0, 0.05) is 10.7 Å². The molecule has 1 aromatic heterocycles. The normalized spacial score (nSPS) is 10.4. The summed E-state index contributed by atoms with van der Waals surface area (Å²) in [7, 11) is 0. The van der Waals surface area contributed by atoms with Crippen LogP contribution in [0.25, 0.3) is 0 Å². The summed E-state index contributed by atoms with van der Waals surface area (Å²) in [5, 5.41) is 17.6. The number of hydrogen-bond acceptors (Lipinski definition) is 3. The van der Waals surface area contributed by atoms with Crippen molar-refractivity contribution < 1.29 is 19.8 Å². The van der Waals surface area contributed by atoms with Gasteiger partial charge >= 0.3 is 11.9 Å². The van der Waals surface area contributed by atoms with E-state index in [1.807, 2.05) is 0 Å². The van der Waals surface area contributed by atoms with Crippen LogP contribution in [-0.2, 0) is 16.0 Å². The summed E-state index contributed by atoms with van der Waals surface area (Å²) in [6.45, 7) is 0. The highest BCUT2D eigenvalue weighted by molar-refractivity contribution is 9.10. The zero-order valence-corrected chi connectivity index (χ0v) is 10.2. The minimum atomic E-state index is -1.49. The molecule has 1 aromatic rings. The average molecular weight is 309 g/mol. The summed E-state index contributed by atoms with van der Waals surface area (Å²) < 4.78 is 0.532. The molecule has 0 atom stereocenters. The van der Waals surface area contributed by atoms with E-state index < -0.39 is 17.9 Å². The molecule has 0 aliphatic carbocycles. The fraction of sp³-hybridized carbons (Fsp3) is 0.222. The van der Waals surface area contributed by atoms with Crippen molar-refractivity contribution in [1.82, 2.24) is 4.98 Å². The highest BCUT2D eigenvalue weighted by Crippen LogP contribution is 2.22. The van der Waals surface area contributed by atoms with Crippen molar-refractivity contribution in [3.63, 3.8) is 0 Å². The Kier molecular flexibility index (Phi) is 4.26. The Morgan fingerprint density at radius 1 is 1.44 bits per heavy atom. The number of pyridine rings is 1. The first-order valence-corrected chi connectivity index (χ1v) is 5.34. The van der Waals surface area contributed by atoms with Crippen LogP contribution in [0.15, 0.2) is 16.7 Å². The second-order valence-corrected chi connectivity index (χ2v) is 4.27. The molecule has 86 valence electrons. The molecular weight excluding hydrogens is 301 g/mol. The van der Waals surface area contributed by atoms with Gasteiger partial charge in [-0.15, -0.1) is 0 Å². The van der Waals surface area contributed by atoms with E-state index in [1.54, 1.807) is 0 Å². The van der Waals surface area contributed by atoms with E-state index in [4.69, 9.17) is 21.8 Å². The van der Waals surface area contributed by atoms with Crippen LogP contribution < -0.4 is 0 Å². The van der Waals surface area contributed by atoms with E-state index in [0.717, 1.165) is 0 Å². The lowest BCUT2D eigenvalue weighted by Gasteiger charge is -2.08. The fourth-order valence-corrected chi connectivity index (χ4v) is 1.67. The third-order valence-electron chi connectivity index (χ3n) is 1.92. The van der Waals surface area contributed by atoms with Gasteiger partial charge in [0.1, 0.15) is 5.15 Å². The van der Waals surface area contributed by atoms with Gasteiger partial charge in [0.15, 0.2) is 5.92 Å². The minimum absolute atomic E-state index is 0.145. The zero-order valence-electron chi connectivity index (χ0n) is 7.85. The Morgan fingerprint density at radius 2 is 2.00 bits per heavy atom. The average Bonchev–Trinajstić information content (AvgIpc) is 2.18. The topological polar surface area (TPSA) is 87.5 Å². The second kappa shape index (κ2) is 5.27. The molecule has 7 heteroatoms. The maximum absolute atomic E-state index is 10.7. The van der Waals surface area contributed by atoms with Gasteiger partial charge in [-0.2, -0.15) is 0 Å². The Hall–Kier alpha value is -1.14. The van der Waals surface area contributed by atoms with Crippen molar-refractivity contribution in [1.29, 1.82) is 0 Å². The van der Waals surface area contributed by atoms with Gasteiger partial charge in [0.05, 0.1) is 0 Å². The molecule has 0 fully saturated rings. The summed E-state index contributed by atoms with van der Waals surface area (Å²) >= 11 is 8.78. The summed E-state index contributed by atoms with van der Waals surface area (Å²) in [5.74, 6) is -4.26. The lowest BCUT2D eigenvalue weighted by atomic mass is 10.0. The van der Waals surface area contributed by atoms with Gasteiger partial charge in [0.2, 0.25) is 0 Å². The van der Waals surface area contributed by atoms with Crippen molar-refractivity contribution in [3.05, 3.63) is 27.5 Å². The molecular formula is C9H7BrClNO4. The molecule has 0 amide bonds. The van der Waals surface area contributed by atoms with Crippen molar-refractivity contribution in [3.8, 4) is 0 Å². The number of hydrogen-bond donors (Lipinski definition) is 2. The summed E-state index contributed by atoms with van der Waals surface area (Å²) in [6, 6.07) is 1.44. The van der Waals surface area contributed by atoms with Crippen LogP contribution in [0, 0.1) is 5.92 Å². The van der Waals surface area contributed by atoms with Gasteiger partial charge in [-0.05, 0) is 34.0 Å². The molecule has 0 aromatic carbocycles. The van der Waals surface area contributed by atoms with E-state index in [0.29, 0.717) is 10.0 Å². The van der Waals surface area contributed by atoms with Gasteiger partial charge in [-0.1, -0.05) is 11.6 Å². The smallest absolute Gasteiger partial charge is 0.318 e. The summed E-state index contributed by atoms with van der Waals surface area (Å²) in [6.07, 6.45) is 1.26. The summed E-state index contributed by atoms with van der Waals surface area (Å²) in [5.41, 5.74) is 0.495.